The van der Waals surface area contributed by atoms with Gasteiger partial charge in [0, 0.05) is 7.05 Å². The predicted octanol–water partition coefficient (Wildman–Crippen LogP) is -0.905. The van der Waals surface area contributed by atoms with Crippen molar-refractivity contribution in [2.24, 2.45) is 7.05 Å². The Balaban J connectivity index is 3.17. The highest BCUT2D eigenvalue weighted by molar-refractivity contribution is 5.90. The van der Waals surface area contributed by atoms with Crippen LogP contribution in [0.1, 0.15) is 10.5 Å². The Hall–Kier alpha value is -1.59. The molecule has 10 heavy (non-hydrogen) atoms. The molecule has 0 atom stereocenters. The molecule has 0 aliphatic heterocycles. The van der Waals surface area contributed by atoms with Crippen LogP contribution >= 0.6 is 0 Å². The Bertz CT molecular complexity index is 266. The highest BCUT2D eigenvalue weighted by Gasteiger charge is 2.13. The molecular weight excluding hydrogens is 136 g/mol. The van der Waals surface area contributed by atoms with Crippen LogP contribution in [-0.4, -0.2) is 26.1 Å². The summed E-state index contributed by atoms with van der Waals surface area (Å²) in [5.74, 6) is -1.10. The van der Waals surface area contributed by atoms with Crippen molar-refractivity contribution in [1.29, 1.82) is 0 Å². The third-order valence-electron chi connectivity index (χ3n) is 1.07. The maximum Gasteiger partial charge on any atom is 0.360 e. The second-order valence-electron chi connectivity index (χ2n) is 1.75. The van der Waals surface area contributed by atoms with Crippen molar-refractivity contribution in [2.75, 3.05) is 5.73 Å². The fraction of sp³-hybridized carbons (Fsp3) is 0.250. The van der Waals surface area contributed by atoms with E-state index < -0.39 is 5.97 Å². The van der Waals surface area contributed by atoms with Crippen molar-refractivity contribution in [3.05, 3.63) is 5.69 Å². The Morgan fingerprint density at radius 2 is 2.40 bits per heavy atom. The summed E-state index contributed by atoms with van der Waals surface area (Å²) >= 11 is 0. The van der Waals surface area contributed by atoms with Crippen LogP contribution in [-0.2, 0) is 7.05 Å². The predicted molar refractivity (Wildman–Crippen MR) is 32.4 cm³/mol. The summed E-state index contributed by atoms with van der Waals surface area (Å²) in [6.45, 7) is 0. The summed E-state index contributed by atoms with van der Waals surface area (Å²) in [5, 5.41) is 15.1. The number of nitrogens with zero attached hydrogens (tertiary/aromatic N) is 3. The van der Waals surface area contributed by atoms with Gasteiger partial charge in [-0.2, -0.15) is 0 Å². The molecule has 0 aromatic carbocycles. The van der Waals surface area contributed by atoms with Crippen molar-refractivity contribution < 1.29 is 9.90 Å². The van der Waals surface area contributed by atoms with E-state index in [0.717, 1.165) is 0 Å². The lowest BCUT2D eigenvalue weighted by atomic mass is 10.4. The molecule has 1 rings (SSSR count). The van der Waals surface area contributed by atoms with Gasteiger partial charge < -0.3 is 10.8 Å². The van der Waals surface area contributed by atoms with Gasteiger partial charge in [-0.3, -0.25) is 0 Å². The molecule has 54 valence electrons. The molecule has 6 heteroatoms. The lowest BCUT2D eigenvalue weighted by Crippen LogP contribution is -2.03. The minimum absolute atomic E-state index is 0.0625. The molecule has 0 saturated carbocycles. The fourth-order valence-corrected chi connectivity index (χ4v) is 0.517. The zero-order chi connectivity index (χ0) is 7.72. The minimum atomic E-state index is -1.16. The maximum atomic E-state index is 10.2. The van der Waals surface area contributed by atoms with Crippen LogP contribution < -0.4 is 5.73 Å². The molecule has 0 spiro atoms. The molecule has 0 unspecified atom stereocenters. The van der Waals surface area contributed by atoms with Crippen molar-refractivity contribution >= 4 is 11.8 Å². The number of nitrogens with two attached hydrogens (primary N) is 1. The van der Waals surface area contributed by atoms with Crippen LogP contribution in [0.4, 0.5) is 5.82 Å². The topological polar surface area (TPSA) is 94.0 Å². The van der Waals surface area contributed by atoms with Crippen LogP contribution in [0.2, 0.25) is 0 Å². The van der Waals surface area contributed by atoms with Crippen molar-refractivity contribution in [1.82, 2.24) is 15.0 Å². The number of carboxylic acid groups (broad SMARTS) is 1. The van der Waals surface area contributed by atoms with Gasteiger partial charge >= 0.3 is 5.97 Å². The van der Waals surface area contributed by atoms with Gasteiger partial charge in [-0.1, -0.05) is 5.21 Å². The number of hydrogen-bond acceptors (Lipinski definition) is 4. The molecule has 0 radical (unpaired) electrons. The van der Waals surface area contributed by atoms with E-state index >= 15 is 0 Å². The van der Waals surface area contributed by atoms with Gasteiger partial charge in [-0.05, 0) is 0 Å². The summed E-state index contributed by atoms with van der Waals surface area (Å²) in [5.41, 5.74) is 5.05. The standard InChI is InChI=1S/C4H6N4O2/c1-8-3(5)2(4(9)10)6-7-8/h5H2,1H3,(H,9,10). The van der Waals surface area contributed by atoms with Gasteiger partial charge in [-0.25, -0.2) is 9.48 Å². The first kappa shape index (κ1) is 6.53. The SMILES string of the molecule is Cn1nnc(C(=O)O)c1N. The van der Waals surface area contributed by atoms with Crippen molar-refractivity contribution in [2.45, 2.75) is 0 Å². The van der Waals surface area contributed by atoms with E-state index in [4.69, 9.17) is 10.8 Å². The average molecular weight is 142 g/mol. The lowest BCUT2D eigenvalue weighted by Gasteiger charge is -1.89. The highest BCUT2D eigenvalue weighted by atomic mass is 16.4. The van der Waals surface area contributed by atoms with Gasteiger partial charge in [0.25, 0.3) is 0 Å². The van der Waals surface area contributed by atoms with Crippen molar-refractivity contribution in [3.8, 4) is 0 Å². The summed E-state index contributed by atoms with van der Waals surface area (Å²) in [4.78, 5) is 10.2. The molecule has 0 aliphatic carbocycles. The van der Waals surface area contributed by atoms with Crippen LogP contribution in [0.15, 0.2) is 0 Å². The molecule has 1 aromatic heterocycles. The Kier molecular flexibility index (Phi) is 1.29. The number of rotatable bonds is 1. The number of hydrogen-bond donors (Lipinski definition) is 2. The molecule has 0 saturated heterocycles. The zero-order valence-electron chi connectivity index (χ0n) is 5.27. The largest absolute Gasteiger partial charge is 0.476 e. The number of aromatic nitrogens is 3. The van der Waals surface area contributed by atoms with Crippen LogP contribution in [0.3, 0.4) is 0 Å². The number of carbonyl (C=O) groups is 1. The van der Waals surface area contributed by atoms with Gasteiger partial charge in [0.1, 0.15) is 0 Å². The number of nitrogen functional groups attached to an aromatic ring is 1. The van der Waals surface area contributed by atoms with Crippen molar-refractivity contribution in [3.63, 3.8) is 0 Å². The maximum absolute atomic E-state index is 10.2. The molecule has 3 N–H and O–H groups in total. The monoisotopic (exact) mass is 142 g/mol. The number of anilines is 1. The lowest BCUT2D eigenvalue weighted by molar-refractivity contribution is 0.0691. The van der Waals surface area contributed by atoms with Gasteiger partial charge in [0.05, 0.1) is 0 Å². The second kappa shape index (κ2) is 1.98. The number of aromatic carboxylic acids is 1. The third-order valence-corrected chi connectivity index (χ3v) is 1.07. The molecule has 1 aromatic rings. The normalized spacial score (nSPS) is 9.70. The van der Waals surface area contributed by atoms with Crippen LogP contribution in [0.5, 0.6) is 0 Å². The van der Waals surface area contributed by atoms with E-state index in [1.165, 1.54) is 11.7 Å². The minimum Gasteiger partial charge on any atom is -0.476 e. The Labute approximate surface area is 56.3 Å². The van der Waals surface area contributed by atoms with E-state index in [1.54, 1.807) is 0 Å². The molecule has 0 fully saturated rings. The summed E-state index contributed by atoms with van der Waals surface area (Å²) in [6, 6.07) is 0. The Morgan fingerprint density at radius 3 is 2.60 bits per heavy atom. The summed E-state index contributed by atoms with van der Waals surface area (Å²) in [6.07, 6.45) is 0. The molecular formula is C4H6N4O2. The zero-order valence-corrected chi connectivity index (χ0v) is 5.27. The van der Waals surface area contributed by atoms with E-state index in [-0.39, 0.29) is 11.5 Å². The summed E-state index contributed by atoms with van der Waals surface area (Å²) < 4.78 is 1.20. The van der Waals surface area contributed by atoms with Gasteiger partial charge in [0.15, 0.2) is 5.82 Å². The number of aryl methyl sites for hydroxylation is 1. The van der Waals surface area contributed by atoms with E-state index in [0.29, 0.717) is 0 Å². The fourth-order valence-electron chi connectivity index (χ4n) is 0.517. The van der Waals surface area contributed by atoms with Gasteiger partial charge in [-0.15, -0.1) is 5.10 Å². The smallest absolute Gasteiger partial charge is 0.360 e. The first-order chi connectivity index (χ1) is 4.63. The second-order valence-corrected chi connectivity index (χ2v) is 1.75. The molecule has 0 bridgehead atoms. The van der Waals surface area contributed by atoms with E-state index in [1.807, 2.05) is 0 Å². The highest BCUT2D eigenvalue weighted by Crippen LogP contribution is 2.03. The first-order valence-corrected chi connectivity index (χ1v) is 2.51. The molecule has 0 aliphatic rings. The van der Waals surface area contributed by atoms with Crippen LogP contribution in [0.25, 0.3) is 0 Å². The first-order valence-electron chi connectivity index (χ1n) is 2.51. The van der Waals surface area contributed by atoms with E-state index in [2.05, 4.69) is 10.3 Å². The average Bonchev–Trinajstić information content (AvgIpc) is 2.14. The molecule has 1 heterocycles. The molecule has 0 amide bonds. The Morgan fingerprint density at radius 1 is 1.80 bits per heavy atom. The third kappa shape index (κ3) is 0.790. The summed E-state index contributed by atoms with van der Waals surface area (Å²) in [7, 11) is 1.52. The molecule has 6 nitrogen and oxygen atoms in total. The van der Waals surface area contributed by atoms with E-state index in [9.17, 15) is 4.79 Å². The quantitative estimate of drug-likeness (QED) is 0.529. The van der Waals surface area contributed by atoms with Gasteiger partial charge in [0.2, 0.25) is 5.69 Å². The van der Waals surface area contributed by atoms with Crippen LogP contribution in [0, 0.1) is 0 Å². The number of carboxylic acids is 1.